The second-order valence-corrected chi connectivity index (χ2v) is 6.54. The predicted molar refractivity (Wildman–Crippen MR) is 97.3 cm³/mol. The molecule has 3 rings (SSSR count). The molecule has 23 heavy (non-hydrogen) atoms. The van der Waals surface area contributed by atoms with E-state index in [1.165, 1.54) is 5.69 Å². The summed E-state index contributed by atoms with van der Waals surface area (Å²) >= 11 is 1.69. The van der Waals surface area contributed by atoms with E-state index in [1.807, 2.05) is 14.0 Å². The van der Waals surface area contributed by atoms with Gasteiger partial charge in [0.05, 0.1) is 6.54 Å². The van der Waals surface area contributed by atoms with Crippen LogP contribution in [-0.4, -0.2) is 49.1 Å². The molecule has 0 radical (unpaired) electrons. The minimum atomic E-state index is 0.740. The Balaban J connectivity index is 1.53. The maximum absolute atomic E-state index is 4.49. The molecular weight excluding hydrogens is 306 g/mol. The Kier molecular flexibility index (Phi) is 5.12. The summed E-state index contributed by atoms with van der Waals surface area (Å²) in [5.41, 5.74) is 2.38. The van der Waals surface area contributed by atoms with Crippen LogP contribution in [0.15, 0.2) is 40.7 Å². The first-order valence-corrected chi connectivity index (χ1v) is 8.81. The third-order valence-corrected chi connectivity index (χ3v) is 4.94. The van der Waals surface area contributed by atoms with Gasteiger partial charge in [0.2, 0.25) is 0 Å². The van der Waals surface area contributed by atoms with Crippen molar-refractivity contribution in [1.29, 1.82) is 0 Å². The van der Waals surface area contributed by atoms with Crippen molar-refractivity contribution in [3.05, 3.63) is 46.4 Å². The zero-order valence-electron chi connectivity index (χ0n) is 13.7. The van der Waals surface area contributed by atoms with Gasteiger partial charge in [0.25, 0.3) is 0 Å². The summed E-state index contributed by atoms with van der Waals surface area (Å²) in [7, 11) is 1.85. The van der Waals surface area contributed by atoms with Crippen molar-refractivity contribution in [3.63, 3.8) is 0 Å². The standard InChI is InChI=1S/C17H23N5S/c1-14-13-23-16(20-14)12-19-17(18-2)22-10-8-21(9-11-22)15-6-4-3-5-7-15/h3-7,13H,8-12H2,1-2H3,(H,18,19). The number of guanidine groups is 1. The summed E-state index contributed by atoms with van der Waals surface area (Å²) in [6.45, 7) is 6.75. The van der Waals surface area contributed by atoms with Gasteiger partial charge in [-0.25, -0.2) is 4.98 Å². The number of hydrogen-bond donors (Lipinski definition) is 1. The number of nitrogens with zero attached hydrogens (tertiary/aromatic N) is 4. The van der Waals surface area contributed by atoms with E-state index in [2.05, 4.69) is 60.8 Å². The van der Waals surface area contributed by atoms with Crippen molar-refractivity contribution in [2.45, 2.75) is 13.5 Å². The SMILES string of the molecule is CN=C(NCc1nc(C)cs1)N1CCN(c2ccccc2)CC1. The number of benzene rings is 1. The van der Waals surface area contributed by atoms with Crippen molar-refractivity contribution >= 4 is 23.0 Å². The number of aliphatic imine (C=N–C) groups is 1. The molecule has 0 atom stereocenters. The summed E-state index contributed by atoms with van der Waals surface area (Å²) in [6.07, 6.45) is 0. The lowest BCUT2D eigenvalue weighted by Gasteiger charge is -2.37. The van der Waals surface area contributed by atoms with Crippen LogP contribution in [0.2, 0.25) is 0 Å². The zero-order chi connectivity index (χ0) is 16.1. The first-order valence-electron chi connectivity index (χ1n) is 7.93. The smallest absolute Gasteiger partial charge is 0.194 e. The Labute approximate surface area is 141 Å². The number of para-hydroxylation sites is 1. The van der Waals surface area contributed by atoms with Crippen LogP contribution >= 0.6 is 11.3 Å². The lowest BCUT2D eigenvalue weighted by molar-refractivity contribution is 0.372. The highest BCUT2D eigenvalue weighted by Crippen LogP contribution is 2.15. The number of hydrogen-bond acceptors (Lipinski definition) is 4. The van der Waals surface area contributed by atoms with Gasteiger partial charge in [0.1, 0.15) is 5.01 Å². The summed E-state index contributed by atoms with van der Waals surface area (Å²) in [6, 6.07) is 10.6. The summed E-state index contributed by atoms with van der Waals surface area (Å²) in [5, 5.41) is 6.61. The van der Waals surface area contributed by atoms with Gasteiger partial charge in [-0.15, -0.1) is 11.3 Å². The molecule has 2 heterocycles. The molecule has 0 aliphatic carbocycles. The maximum Gasteiger partial charge on any atom is 0.194 e. The fourth-order valence-corrected chi connectivity index (χ4v) is 3.50. The Bertz CT molecular complexity index is 644. The van der Waals surface area contributed by atoms with Crippen LogP contribution in [0.5, 0.6) is 0 Å². The summed E-state index contributed by atoms with van der Waals surface area (Å²) in [4.78, 5) is 13.7. The van der Waals surface area contributed by atoms with Gasteiger partial charge in [0.15, 0.2) is 5.96 Å². The van der Waals surface area contributed by atoms with Crippen LogP contribution in [0.3, 0.4) is 0 Å². The second-order valence-electron chi connectivity index (χ2n) is 5.59. The average molecular weight is 329 g/mol. The third kappa shape index (κ3) is 4.01. The van der Waals surface area contributed by atoms with Crippen LogP contribution in [0.25, 0.3) is 0 Å². The van der Waals surface area contributed by atoms with Crippen molar-refractivity contribution in [2.75, 3.05) is 38.1 Å². The van der Waals surface area contributed by atoms with Gasteiger partial charge in [0, 0.05) is 50.0 Å². The molecule has 0 unspecified atom stereocenters. The molecule has 1 fully saturated rings. The Morgan fingerprint density at radius 1 is 1.22 bits per heavy atom. The van der Waals surface area contributed by atoms with Gasteiger partial charge < -0.3 is 15.1 Å². The van der Waals surface area contributed by atoms with Gasteiger partial charge >= 0.3 is 0 Å². The molecule has 1 saturated heterocycles. The zero-order valence-corrected chi connectivity index (χ0v) is 14.5. The van der Waals surface area contributed by atoms with Gasteiger partial charge in [-0.1, -0.05) is 18.2 Å². The van der Waals surface area contributed by atoms with Gasteiger partial charge in [-0.05, 0) is 19.1 Å². The molecular formula is C17H23N5S. The van der Waals surface area contributed by atoms with Crippen LogP contribution in [0.4, 0.5) is 5.69 Å². The fourth-order valence-electron chi connectivity index (χ4n) is 2.79. The van der Waals surface area contributed by atoms with E-state index in [9.17, 15) is 0 Å². The van der Waals surface area contributed by atoms with Crippen LogP contribution < -0.4 is 10.2 Å². The quantitative estimate of drug-likeness (QED) is 0.693. The lowest BCUT2D eigenvalue weighted by atomic mass is 10.2. The molecule has 0 saturated carbocycles. The number of nitrogens with one attached hydrogen (secondary N) is 1. The first-order chi connectivity index (χ1) is 11.3. The minimum Gasteiger partial charge on any atom is -0.368 e. The highest BCUT2D eigenvalue weighted by Gasteiger charge is 2.19. The monoisotopic (exact) mass is 329 g/mol. The number of thiazole rings is 1. The highest BCUT2D eigenvalue weighted by molar-refractivity contribution is 7.09. The van der Waals surface area contributed by atoms with E-state index in [0.29, 0.717) is 0 Å². The largest absolute Gasteiger partial charge is 0.368 e. The molecule has 0 spiro atoms. The molecule has 1 aliphatic rings. The van der Waals surface area contributed by atoms with Crippen molar-refractivity contribution in [2.24, 2.45) is 4.99 Å². The van der Waals surface area contributed by atoms with Crippen molar-refractivity contribution in [1.82, 2.24) is 15.2 Å². The summed E-state index contributed by atoms with van der Waals surface area (Å²) in [5.74, 6) is 0.963. The van der Waals surface area contributed by atoms with Crippen LogP contribution in [0, 0.1) is 6.92 Å². The lowest BCUT2D eigenvalue weighted by Crippen LogP contribution is -2.52. The van der Waals surface area contributed by atoms with E-state index in [-0.39, 0.29) is 0 Å². The van der Waals surface area contributed by atoms with Crippen LogP contribution in [-0.2, 0) is 6.54 Å². The Hall–Kier alpha value is -2.08. The number of anilines is 1. The maximum atomic E-state index is 4.49. The van der Waals surface area contributed by atoms with Crippen LogP contribution in [0.1, 0.15) is 10.7 Å². The van der Waals surface area contributed by atoms with E-state index in [0.717, 1.165) is 49.4 Å². The van der Waals surface area contributed by atoms with E-state index in [4.69, 9.17) is 0 Å². The normalized spacial score (nSPS) is 15.8. The Morgan fingerprint density at radius 3 is 2.57 bits per heavy atom. The third-order valence-electron chi connectivity index (χ3n) is 3.98. The molecule has 1 aromatic carbocycles. The molecule has 1 N–H and O–H groups in total. The van der Waals surface area contributed by atoms with E-state index < -0.39 is 0 Å². The first kappa shape index (κ1) is 15.8. The molecule has 0 bridgehead atoms. The van der Waals surface area contributed by atoms with Gasteiger partial charge in [-0.2, -0.15) is 0 Å². The van der Waals surface area contributed by atoms with E-state index in [1.54, 1.807) is 11.3 Å². The molecule has 1 aliphatic heterocycles. The number of piperazine rings is 1. The molecule has 1 aromatic heterocycles. The topological polar surface area (TPSA) is 43.8 Å². The Morgan fingerprint density at radius 2 is 1.96 bits per heavy atom. The molecule has 2 aromatic rings. The molecule has 5 nitrogen and oxygen atoms in total. The molecule has 122 valence electrons. The number of rotatable bonds is 3. The van der Waals surface area contributed by atoms with Crippen molar-refractivity contribution < 1.29 is 0 Å². The number of aryl methyl sites for hydroxylation is 1. The number of aromatic nitrogens is 1. The minimum absolute atomic E-state index is 0.740. The second kappa shape index (κ2) is 7.46. The van der Waals surface area contributed by atoms with E-state index >= 15 is 0 Å². The molecule has 6 heteroatoms. The predicted octanol–water partition coefficient (Wildman–Crippen LogP) is 2.35. The fraction of sp³-hybridized carbons (Fsp3) is 0.412. The van der Waals surface area contributed by atoms with Crippen molar-refractivity contribution in [3.8, 4) is 0 Å². The summed E-state index contributed by atoms with van der Waals surface area (Å²) < 4.78 is 0. The average Bonchev–Trinajstić information content (AvgIpc) is 3.02. The highest BCUT2D eigenvalue weighted by atomic mass is 32.1. The molecule has 0 amide bonds. The van der Waals surface area contributed by atoms with Gasteiger partial charge in [-0.3, -0.25) is 4.99 Å².